The molecule has 0 saturated carbocycles. The molecule has 1 amide bonds. The van der Waals surface area contributed by atoms with Gasteiger partial charge in [0.15, 0.2) is 11.5 Å². The van der Waals surface area contributed by atoms with Gasteiger partial charge >= 0.3 is 5.97 Å². The number of carbonyl (C=O) groups excluding carboxylic acids is 2. The van der Waals surface area contributed by atoms with E-state index in [2.05, 4.69) is 11.9 Å². The number of ether oxygens (including phenoxy) is 3. The first-order valence-electron chi connectivity index (χ1n) is 6.29. The van der Waals surface area contributed by atoms with Crippen molar-refractivity contribution < 1.29 is 23.8 Å². The van der Waals surface area contributed by atoms with Crippen LogP contribution in [0.5, 0.6) is 11.5 Å². The number of rotatable bonds is 2. The fourth-order valence-electron chi connectivity index (χ4n) is 2.33. The van der Waals surface area contributed by atoms with Crippen LogP contribution in [0.4, 0.5) is 0 Å². The van der Waals surface area contributed by atoms with Gasteiger partial charge in [0.2, 0.25) is 6.79 Å². The fraction of sp³-hybridized carbons (Fsp3) is 0.200. The topological polar surface area (TPSA) is 73.9 Å². The van der Waals surface area contributed by atoms with Crippen molar-refractivity contribution in [1.82, 2.24) is 5.32 Å². The summed E-state index contributed by atoms with van der Waals surface area (Å²) in [6, 6.07) is 5.28. The van der Waals surface area contributed by atoms with Gasteiger partial charge in [0.25, 0.3) is 5.91 Å². The summed E-state index contributed by atoms with van der Waals surface area (Å²) in [6.45, 7) is 3.86. The number of esters is 1. The third-order valence-corrected chi connectivity index (χ3v) is 3.35. The summed E-state index contributed by atoms with van der Waals surface area (Å²) < 4.78 is 15.2. The molecule has 108 valence electrons. The minimum absolute atomic E-state index is 0.178. The smallest absolute Gasteiger partial charge is 0.319 e. The van der Waals surface area contributed by atoms with Crippen LogP contribution in [0.3, 0.4) is 0 Å². The molecule has 6 nitrogen and oxygen atoms in total. The summed E-state index contributed by atoms with van der Waals surface area (Å²) in [5.74, 6) is -0.413. The Morgan fingerprint density at radius 1 is 1.43 bits per heavy atom. The van der Waals surface area contributed by atoms with Crippen LogP contribution in [0.2, 0.25) is 0 Å². The lowest BCUT2D eigenvalue weighted by Gasteiger charge is -2.08. The molecule has 2 aliphatic rings. The van der Waals surface area contributed by atoms with Crippen LogP contribution in [0, 0.1) is 5.92 Å². The Kier molecular flexibility index (Phi) is 3.13. The minimum atomic E-state index is -0.798. The molecule has 0 radical (unpaired) electrons. The van der Waals surface area contributed by atoms with E-state index in [-0.39, 0.29) is 12.7 Å². The highest BCUT2D eigenvalue weighted by molar-refractivity contribution is 6.08. The lowest BCUT2D eigenvalue weighted by atomic mass is 9.98. The molecule has 6 heteroatoms. The van der Waals surface area contributed by atoms with Crippen molar-refractivity contribution in [2.24, 2.45) is 5.92 Å². The maximum Gasteiger partial charge on any atom is 0.319 e. The summed E-state index contributed by atoms with van der Waals surface area (Å²) >= 11 is 0. The zero-order chi connectivity index (χ0) is 15.0. The number of benzene rings is 1. The lowest BCUT2D eigenvalue weighted by molar-refractivity contribution is -0.142. The highest BCUT2D eigenvalue weighted by Gasteiger charge is 2.38. The molecule has 1 aromatic carbocycles. The zero-order valence-electron chi connectivity index (χ0n) is 11.3. The van der Waals surface area contributed by atoms with Crippen molar-refractivity contribution in [3.05, 3.63) is 41.6 Å². The van der Waals surface area contributed by atoms with Gasteiger partial charge in [-0.15, -0.1) is 0 Å². The number of hydrogen-bond donors (Lipinski definition) is 1. The zero-order valence-corrected chi connectivity index (χ0v) is 11.3. The number of amides is 1. The Morgan fingerprint density at radius 3 is 2.95 bits per heavy atom. The SMILES string of the molecule is C=C1NC(=O)/C(=C/c2ccc3c(c2)OCO3)[C@H]1C(=O)OC. The highest BCUT2D eigenvalue weighted by Crippen LogP contribution is 2.34. The van der Waals surface area contributed by atoms with E-state index in [1.54, 1.807) is 24.3 Å². The van der Waals surface area contributed by atoms with Crippen LogP contribution in [0.15, 0.2) is 36.0 Å². The van der Waals surface area contributed by atoms with Crippen molar-refractivity contribution in [3.8, 4) is 11.5 Å². The molecule has 0 unspecified atom stereocenters. The Hall–Kier alpha value is -2.76. The molecule has 1 atom stereocenters. The molecule has 3 rings (SSSR count). The predicted molar refractivity (Wildman–Crippen MR) is 73.3 cm³/mol. The van der Waals surface area contributed by atoms with E-state index in [1.807, 2.05) is 0 Å². The van der Waals surface area contributed by atoms with E-state index in [0.29, 0.717) is 22.8 Å². The summed E-state index contributed by atoms with van der Waals surface area (Å²) in [5, 5.41) is 2.55. The van der Waals surface area contributed by atoms with E-state index in [1.165, 1.54) is 7.11 Å². The average molecular weight is 287 g/mol. The van der Waals surface area contributed by atoms with Crippen LogP contribution < -0.4 is 14.8 Å². The largest absolute Gasteiger partial charge is 0.468 e. The van der Waals surface area contributed by atoms with Gasteiger partial charge in [0, 0.05) is 11.3 Å². The third-order valence-electron chi connectivity index (χ3n) is 3.35. The van der Waals surface area contributed by atoms with Gasteiger partial charge in [-0.05, 0) is 23.8 Å². The molecule has 1 fully saturated rings. The predicted octanol–water partition coefficient (Wildman–Crippen LogP) is 1.23. The second kappa shape index (κ2) is 4.97. The number of carbonyl (C=O) groups is 2. The molecule has 21 heavy (non-hydrogen) atoms. The molecule has 2 heterocycles. The molecule has 0 spiro atoms. The van der Waals surface area contributed by atoms with E-state index in [4.69, 9.17) is 14.2 Å². The Bertz CT molecular complexity index is 677. The summed E-state index contributed by atoms with van der Waals surface area (Å²) in [7, 11) is 1.27. The number of hydrogen-bond acceptors (Lipinski definition) is 5. The first-order valence-corrected chi connectivity index (χ1v) is 6.29. The standard InChI is InChI=1S/C15H13NO5/c1-8-13(15(18)19-2)10(14(17)16-8)5-9-3-4-11-12(6-9)21-7-20-11/h3-6,13H,1,7H2,2H3,(H,16,17)/b10-5+/t13-/m0/s1. The van der Waals surface area contributed by atoms with Gasteiger partial charge < -0.3 is 19.5 Å². The third kappa shape index (κ3) is 2.24. The van der Waals surface area contributed by atoms with Crippen molar-refractivity contribution in [2.45, 2.75) is 0 Å². The normalized spacial score (nSPS) is 21.6. The molecule has 1 saturated heterocycles. The van der Waals surface area contributed by atoms with Crippen LogP contribution in [-0.2, 0) is 14.3 Å². The minimum Gasteiger partial charge on any atom is -0.468 e. The van der Waals surface area contributed by atoms with Crippen molar-refractivity contribution >= 4 is 18.0 Å². The monoisotopic (exact) mass is 287 g/mol. The second-order valence-electron chi connectivity index (χ2n) is 4.65. The molecular weight excluding hydrogens is 274 g/mol. The number of nitrogens with one attached hydrogen (secondary N) is 1. The average Bonchev–Trinajstić information content (AvgIpc) is 3.03. The maximum absolute atomic E-state index is 11.9. The van der Waals surface area contributed by atoms with Gasteiger partial charge in [-0.3, -0.25) is 9.59 Å². The number of methoxy groups -OCH3 is 1. The van der Waals surface area contributed by atoms with E-state index >= 15 is 0 Å². The molecule has 0 bridgehead atoms. The molecule has 1 N–H and O–H groups in total. The maximum atomic E-state index is 11.9. The van der Waals surface area contributed by atoms with Gasteiger partial charge in [-0.25, -0.2) is 0 Å². The van der Waals surface area contributed by atoms with Crippen LogP contribution in [0.1, 0.15) is 5.56 Å². The molecule has 1 aromatic rings. The quantitative estimate of drug-likeness (QED) is 0.654. The van der Waals surface area contributed by atoms with Crippen molar-refractivity contribution in [2.75, 3.05) is 13.9 Å². The van der Waals surface area contributed by atoms with E-state index in [9.17, 15) is 9.59 Å². The summed E-state index contributed by atoms with van der Waals surface area (Å²) in [4.78, 5) is 23.7. The van der Waals surface area contributed by atoms with Gasteiger partial charge in [0.1, 0.15) is 5.92 Å². The Morgan fingerprint density at radius 2 is 2.19 bits per heavy atom. The first kappa shape index (κ1) is 13.2. The first-order chi connectivity index (χ1) is 10.1. The van der Waals surface area contributed by atoms with Crippen molar-refractivity contribution in [1.29, 1.82) is 0 Å². The highest BCUT2D eigenvalue weighted by atomic mass is 16.7. The molecular formula is C15H13NO5. The molecule has 2 aliphatic heterocycles. The van der Waals surface area contributed by atoms with Gasteiger partial charge in [-0.1, -0.05) is 12.6 Å². The van der Waals surface area contributed by atoms with E-state index < -0.39 is 11.9 Å². The van der Waals surface area contributed by atoms with Gasteiger partial charge in [-0.2, -0.15) is 0 Å². The molecule has 0 aliphatic carbocycles. The fourth-order valence-corrected chi connectivity index (χ4v) is 2.33. The Labute approximate surface area is 121 Å². The summed E-state index contributed by atoms with van der Waals surface area (Å²) in [5.41, 5.74) is 1.34. The lowest BCUT2D eigenvalue weighted by Crippen LogP contribution is -2.17. The molecule has 0 aromatic heterocycles. The van der Waals surface area contributed by atoms with Crippen LogP contribution in [-0.4, -0.2) is 25.8 Å². The Balaban J connectivity index is 1.98. The number of fused-ring (bicyclic) bond motifs is 1. The van der Waals surface area contributed by atoms with E-state index in [0.717, 1.165) is 5.56 Å². The second-order valence-corrected chi connectivity index (χ2v) is 4.65. The van der Waals surface area contributed by atoms with Crippen LogP contribution in [0.25, 0.3) is 6.08 Å². The van der Waals surface area contributed by atoms with Crippen molar-refractivity contribution in [3.63, 3.8) is 0 Å². The van der Waals surface area contributed by atoms with Crippen LogP contribution >= 0.6 is 0 Å². The van der Waals surface area contributed by atoms with Gasteiger partial charge in [0.05, 0.1) is 7.11 Å². The summed E-state index contributed by atoms with van der Waals surface area (Å²) in [6.07, 6.45) is 1.62.